The molecule has 1 saturated heterocycles. The summed E-state index contributed by atoms with van der Waals surface area (Å²) < 4.78 is 17.1. The molecule has 0 bridgehead atoms. The third kappa shape index (κ3) is 6.17. The molecular formula is C20H31NO6. The number of ether oxygens (including phenoxy) is 3. The smallest absolute Gasteiger partial charge is 0.411 e. The summed E-state index contributed by atoms with van der Waals surface area (Å²) in [6, 6.07) is 8.58. The molecule has 1 amide bonds. The Morgan fingerprint density at radius 3 is 2.44 bits per heavy atom. The van der Waals surface area contributed by atoms with Crippen molar-refractivity contribution in [1.82, 2.24) is 4.90 Å². The van der Waals surface area contributed by atoms with Crippen LogP contribution in [0.3, 0.4) is 0 Å². The standard InChI is InChI=1S/C20H31NO6/c1-19(2,3)27-18(24)21(11-14-9-7-6-8-10-14)17(15(23)12-22)16-13-25-20(4,5)26-16/h6-10,15-17,22-23H,11-13H2,1-5H3/t15?,16-,17+/m1/s1. The summed E-state index contributed by atoms with van der Waals surface area (Å²) in [7, 11) is 0. The van der Waals surface area contributed by atoms with Crippen LogP contribution in [0.1, 0.15) is 40.2 Å². The first kappa shape index (κ1) is 21.6. The molecule has 0 aromatic heterocycles. The van der Waals surface area contributed by atoms with Crippen molar-refractivity contribution < 1.29 is 29.2 Å². The predicted octanol–water partition coefficient (Wildman–Crippen LogP) is 2.30. The van der Waals surface area contributed by atoms with E-state index in [2.05, 4.69) is 0 Å². The number of carbonyl (C=O) groups is 1. The lowest BCUT2D eigenvalue weighted by atomic mass is 10.0. The summed E-state index contributed by atoms with van der Waals surface area (Å²) in [6.45, 7) is 8.76. The van der Waals surface area contributed by atoms with Gasteiger partial charge in [-0.2, -0.15) is 0 Å². The fraction of sp³-hybridized carbons (Fsp3) is 0.650. The van der Waals surface area contributed by atoms with Crippen LogP contribution in [0.15, 0.2) is 30.3 Å². The van der Waals surface area contributed by atoms with Gasteiger partial charge in [0.1, 0.15) is 17.8 Å². The van der Waals surface area contributed by atoms with E-state index in [1.807, 2.05) is 30.3 Å². The lowest BCUT2D eigenvalue weighted by Gasteiger charge is -2.38. The Balaban J connectivity index is 2.35. The summed E-state index contributed by atoms with van der Waals surface area (Å²) in [5, 5.41) is 20.1. The first-order valence-corrected chi connectivity index (χ1v) is 9.16. The van der Waals surface area contributed by atoms with Crippen LogP contribution >= 0.6 is 0 Å². The maximum absolute atomic E-state index is 13.0. The lowest BCUT2D eigenvalue weighted by Crippen LogP contribution is -2.56. The summed E-state index contributed by atoms with van der Waals surface area (Å²) >= 11 is 0. The molecule has 2 N–H and O–H groups in total. The molecule has 27 heavy (non-hydrogen) atoms. The van der Waals surface area contributed by atoms with E-state index in [-0.39, 0.29) is 13.2 Å². The van der Waals surface area contributed by atoms with Gasteiger partial charge in [-0.25, -0.2) is 4.79 Å². The molecule has 0 saturated carbocycles. The van der Waals surface area contributed by atoms with E-state index in [9.17, 15) is 15.0 Å². The van der Waals surface area contributed by atoms with Gasteiger partial charge in [-0.15, -0.1) is 0 Å². The van der Waals surface area contributed by atoms with Gasteiger partial charge in [-0.05, 0) is 40.2 Å². The molecule has 3 atom stereocenters. The first-order valence-electron chi connectivity index (χ1n) is 9.16. The Kier molecular flexibility index (Phi) is 6.86. The molecule has 1 aromatic carbocycles. The van der Waals surface area contributed by atoms with Crippen LogP contribution in [-0.2, 0) is 20.8 Å². The van der Waals surface area contributed by atoms with E-state index in [4.69, 9.17) is 14.2 Å². The number of amides is 1. The maximum Gasteiger partial charge on any atom is 0.411 e. The highest BCUT2D eigenvalue weighted by Gasteiger charge is 2.45. The Labute approximate surface area is 160 Å². The average Bonchev–Trinajstić information content (AvgIpc) is 2.93. The molecule has 0 aliphatic carbocycles. The largest absolute Gasteiger partial charge is 0.444 e. The summed E-state index contributed by atoms with van der Waals surface area (Å²) in [5.41, 5.74) is 0.171. The molecule has 1 unspecified atom stereocenters. The van der Waals surface area contributed by atoms with Gasteiger partial charge in [-0.3, -0.25) is 4.90 Å². The molecule has 1 fully saturated rings. The number of carbonyl (C=O) groups excluding carboxylic acids is 1. The minimum Gasteiger partial charge on any atom is -0.444 e. The van der Waals surface area contributed by atoms with Crippen LogP contribution in [0, 0.1) is 0 Å². The third-order valence-corrected chi connectivity index (χ3v) is 4.18. The highest BCUT2D eigenvalue weighted by Crippen LogP contribution is 2.29. The quantitative estimate of drug-likeness (QED) is 0.786. The van der Waals surface area contributed by atoms with Crippen molar-refractivity contribution in [2.45, 2.75) is 70.8 Å². The maximum atomic E-state index is 13.0. The molecular weight excluding hydrogens is 350 g/mol. The molecule has 1 aromatic rings. The van der Waals surface area contributed by atoms with Gasteiger partial charge in [0.25, 0.3) is 0 Å². The highest BCUT2D eigenvalue weighted by atomic mass is 16.7. The average molecular weight is 381 g/mol. The van der Waals surface area contributed by atoms with E-state index in [1.165, 1.54) is 4.90 Å². The highest BCUT2D eigenvalue weighted by molar-refractivity contribution is 5.69. The van der Waals surface area contributed by atoms with Gasteiger partial charge in [0.2, 0.25) is 0 Å². The molecule has 0 radical (unpaired) electrons. The van der Waals surface area contributed by atoms with Gasteiger partial charge in [0.05, 0.1) is 19.3 Å². The Bertz CT molecular complexity index is 613. The summed E-state index contributed by atoms with van der Waals surface area (Å²) in [5.74, 6) is -0.829. The number of hydrogen-bond donors (Lipinski definition) is 2. The van der Waals surface area contributed by atoms with Crippen molar-refractivity contribution in [3.63, 3.8) is 0 Å². The Morgan fingerprint density at radius 2 is 1.96 bits per heavy atom. The van der Waals surface area contributed by atoms with Crippen LogP contribution in [0.25, 0.3) is 0 Å². The molecule has 7 heteroatoms. The van der Waals surface area contributed by atoms with Crippen molar-refractivity contribution in [1.29, 1.82) is 0 Å². The van der Waals surface area contributed by atoms with Crippen LogP contribution < -0.4 is 0 Å². The monoisotopic (exact) mass is 381 g/mol. The first-order chi connectivity index (χ1) is 12.5. The minimum absolute atomic E-state index is 0.197. The van der Waals surface area contributed by atoms with Gasteiger partial charge in [0.15, 0.2) is 5.79 Å². The number of aliphatic hydroxyl groups is 2. The van der Waals surface area contributed by atoms with Crippen LogP contribution in [-0.4, -0.2) is 64.1 Å². The van der Waals surface area contributed by atoms with E-state index in [0.717, 1.165) is 5.56 Å². The van der Waals surface area contributed by atoms with Crippen LogP contribution in [0.5, 0.6) is 0 Å². The summed E-state index contributed by atoms with van der Waals surface area (Å²) in [6.07, 6.45) is -2.39. The van der Waals surface area contributed by atoms with E-state index < -0.39 is 42.3 Å². The van der Waals surface area contributed by atoms with E-state index in [1.54, 1.807) is 34.6 Å². The Morgan fingerprint density at radius 1 is 1.33 bits per heavy atom. The van der Waals surface area contributed by atoms with E-state index >= 15 is 0 Å². The number of aliphatic hydroxyl groups excluding tert-OH is 2. The zero-order chi connectivity index (χ0) is 20.2. The summed E-state index contributed by atoms with van der Waals surface area (Å²) in [4.78, 5) is 14.4. The molecule has 1 heterocycles. The van der Waals surface area contributed by atoms with Crippen molar-refractivity contribution >= 4 is 6.09 Å². The van der Waals surface area contributed by atoms with Gasteiger partial charge in [-0.1, -0.05) is 30.3 Å². The molecule has 7 nitrogen and oxygen atoms in total. The van der Waals surface area contributed by atoms with Gasteiger partial charge in [0, 0.05) is 6.54 Å². The molecule has 1 aliphatic rings. The predicted molar refractivity (Wildman–Crippen MR) is 100 cm³/mol. The van der Waals surface area contributed by atoms with Crippen molar-refractivity contribution in [2.24, 2.45) is 0 Å². The number of benzene rings is 1. The van der Waals surface area contributed by atoms with Crippen LogP contribution in [0.2, 0.25) is 0 Å². The number of nitrogens with zero attached hydrogens (tertiary/aromatic N) is 1. The van der Waals surface area contributed by atoms with Crippen LogP contribution in [0.4, 0.5) is 4.79 Å². The normalized spacial score (nSPS) is 21.5. The van der Waals surface area contributed by atoms with Gasteiger partial charge >= 0.3 is 6.09 Å². The second-order valence-corrected chi connectivity index (χ2v) is 8.20. The molecule has 0 spiro atoms. The number of hydrogen-bond acceptors (Lipinski definition) is 6. The second kappa shape index (κ2) is 8.56. The lowest BCUT2D eigenvalue weighted by molar-refractivity contribution is -0.154. The SMILES string of the molecule is CC(C)(C)OC(=O)N(Cc1ccccc1)[C@@H](C(O)CO)[C@H]1COC(C)(C)O1. The Hall–Kier alpha value is -1.67. The molecule has 2 rings (SSSR count). The number of rotatable bonds is 6. The topological polar surface area (TPSA) is 88.5 Å². The van der Waals surface area contributed by atoms with Crippen molar-refractivity contribution in [3.8, 4) is 0 Å². The fourth-order valence-corrected chi connectivity index (χ4v) is 3.04. The molecule has 152 valence electrons. The minimum atomic E-state index is -1.20. The fourth-order valence-electron chi connectivity index (χ4n) is 3.04. The zero-order valence-electron chi connectivity index (χ0n) is 16.7. The second-order valence-electron chi connectivity index (χ2n) is 8.20. The third-order valence-electron chi connectivity index (χ3n) is 4.18. The molecule has 1 aliphatic heterocycles. The van der Waals surface area contributed by atoms with Crippen molar-refractivity contribution in [3.05, 3.63) is 35.9 Å². The van der Waals surface area contributed by atoms with Gasteiger partial charge < -0.3 is 24.4 Å². The van der Waals surface area contributed by atoms with E-state index in [0.29, 0.717) is 0 Å². The zero-order valence-corrected chi connectivity index (χ0v) is 16.7. The van der Waals surface area contributed by atoms with Crippen molar-refractivity contribution in [2.75, 3.05) is 13.2 Å².